The molecule has 0 saturated carbocycles. The van der Waals surface area contributed by atoms with Gasteiger partial charge in [0.25, 0.3) is 11.5 Å². The average molecular weight is 317 g/mol. The zero-order valence-electron chi connectivity index (χ0n) is 13.8. The molecule has 6 heteroatoms. The van der Waals surface area contributed by atoms with E-state index in [1.54, 1.807) is 31.3 Å². The molecule has 0 bridgehead atoms. The van der Waals surface area contributed by atoms with Crippen LogP contribution in [0.3, 0.4) is 0 Å². The standard InChI is InChI=1S/C17H23N3O3/c1-12(2)11-23-10-6-9-18-16(21)15-13-7-4-5-8-14(13)17(22)20(3)19-15/h4-5,7-8,12H,6,9-11H2,1-3H3,(H,18,21). The van der Waals surface area contributed by atoms with Gasteiger partial charge in [-0.15, -0.1) is 0 Å². The van der Waals surface area contributed by atoms with Gasteiger partial charge in [-0.05, 0) is 18.4 Å². The highest BCUT2D eigenvalue weighted by molar-refractivity contribution is 6.04. The van der Waals surface area contributed by atoms with Gasteiger partial charge in [-0.3, -0.25) is 9.59 Å². The SMILES string of the molecule is CC(C)COCCCNC(=O)c1nn(C)c(=O)c2ccccc12. The van der Waals surface area contributed by atoms with Gasteiger partial charge >= 0.3 is 0 Å². The molecular formula is C17H23N3O3. The van der Waals surface area contributed by atoms with Crippen LogP contribution in [0.2, 0.25) is 0 Å². The number of benzene rings is 1. The quantitative estimate of drug-likeness (QED) is 0.789. The fourth-order valence-corrected chi connectivity index (χ4v) is 2.25. The summed E-state index contributed by atoms with van der Waals surface area (Å²) in [5.74, 6) is 0.228. The van der Waals surface area contributed by atoms with Crippen LogP contribution in [0.15, 0.2) is 29.1 Å². The Labute approximate surface area is 135 Å². The molecule has 0 aliphatic rings. The van der Waals surface area contributed by atoms with Crippen LogP contribution in [0.25, 0.3) is 10.8 Å². The molecule has 6 nitrogen and oxygen atoms in total. The van der Waals surface area contributed by atoms with Crippen molar-refractivity contribution in [2.75, 3.05) is 19.8 Å². The number of hydrogen-bond donors (Lipinski definition) is 1. The maximum Gasteiger partial charge on any atom is 0.274 e. The van der Waals surface area contributed by atoms with Crippen LogP contribution in [0, 0.1) is 5.92 Å². The molecule has 0 radical (unpaired) electrons. The Hall–Kier alpha value is -2.21. The first-order valence-electron chi connectivity index (χ1n) is 7.82. The minimum absolute atomic E-state index is 0.209. The summed E-state index contributed by atoms with van der Waals surface area (Å²) in [6.07, 6.45) is 0.738. The number of rotatable bonds is 7. The number of carbonyl (C=O) groups is 1. The summed E-state index contributed by atoms with van der Waals surface area (Å²) in [5, 5.41) is 8.00. The molecule has 1 aromatic carbocycles. The molecule has 0 spiro atoms. The van der Waals surface area contributed by atoms with Crippen molar-refractivity contribution in [2.24, 2.45) is 13.0 Å². The molecule has 0 atom stereocenters. The van der Waals surface area contributed by atoms with Crippen LogP contribution >= 0.6 is 0 Å². The van der Waals surface area contributed by atoms with E-state index in [0.29, 0.717) is 29.8 Å². The number of fused-ring (bicyclic) bond motifs is 1. The third-order valence-corrected chi connectivity index (χ3v) is 3.37. The van der Waals surface area contributed by atoms with Gasteiger partial charge in [0.05, 0.1) is 5.39 Å². The van der Waals surface area contributed by atoms with Crippen molar-refractivity contribution in [2.45, 2.75) is 20.3 Å². The zero-order valence-corrected chi connectivity index (χ0v) is 13.8. The monoisotopic (exact) mass is 317 g/mol. The number of carbonyl (C=O) groups excluding carboxylic acids is 1. The van der Waals surface area contributed by atoms with Gasteiger partial charge in [0.2, 0.25) is 0 Å². The number of amides is 1. The van der Waals surface area contributed by atoms with Crippen molar-refractivity contribution in [1.82, 2.24) is 15.1 Å². The van der Waals surface area contributed by atoms with Gasteiger partial charge < -0.3 is 10.1 Å². The van der Waals surface area contributed by atoms with Gasteiger partial charge in [0.1, 0.15) is 0 Å². The Morgan fingerprint density at radius 1 is 1.30 bits per heavy atom. The van der Waals surface area contributed by atoms with Gasteiger partial charge in [-0.25, -0.2) is 4.68 Å². The molecule has 1 heterocycles. The highest BCUT2D eigenvalue weighted by atomic mass is 16.5. The van der Waals surface area contributed by atoms with Crippen molar-refractivity contribution < 1.29 is 9.53 Å². The lowest BCUT2D eigenvalue weighted by molar-refractivity contribution is 0.0920. The fourth-order valence-electron chi connectivity index (χ4n) is 2.25. The molecule has 0 aliphatic heterocycles. The van der Waals surface area contributed by atoms with E-state index >= 15 is 0 Å². The largest absolute Gasteiger partial charge is 0.381 e. The van der Waals surface area contributed by atoms with E-state index in [-0.39, 0.29) is 17.2 Å². The number of nitrogens with one attached hydrogen (secondary N) is 1. The van der Waals surface area contributed by atoms with Crippen LogP contribution in [0.5, 0.6) is 0 Å². The van der Waals surface area contributed by atoms with Gasteiger partial charge in [0, 0.05) is 32.2 Å². The highest BCUT2D eigenvalue weighted by Crippen LogP contribution is 2.12. The van der Waals surface area contributed by atoms with Crippen molar-refractivity contribution in [3.8, 4) is 0 Å². The minimum Gasteiger partial charge on any atom is -0.381 e. The van der Waals surface area contributed by atoms with Crippen molar-refractivity contribution in [3.05, 3.63) is 40.3 Å². The summed E-state index contributed by atoms with van der Waals surface area (Å²) in [6.45, 7) is 6.03. The molecule has 124 valence electrons. The molecule has 1 aromatic heterocycles. The molecular weight excluding hydrogens is 294 g/mol. The summed E-state index contributed by atoms with van der Waals surface area (Å²) >= 11 is 0. The Bertz CT molecular complexity index is 737. The first kappa shape index (κ1) is 17.1. The number of nitrogens with zero attached hydrogens (tertiary/aromatic N) is 2. The van der Waals surface area contributed by atoms with E-state index < -0.39 is 0 Å². The molecule has 0 aliphatic carbocycles. The van der Waals surface area contributed by atoms with E-state index in [0.717, 1.165) is 13.0 Å². The summed E-state index contributed by atoms with van der Waals surface area (Å²) in [5.41, 5.74) is 0.0602. The summed E-state index contributed by atoms with van der Waals surface area (Å²) in [7, 11) is 1.55. The van der Waals surface area contributed by atoms with E-state index in [4.69, 9.17) is 4.74 Å². The van der Waals surface area contributed by atoms with E-state index in [1.807, 2.05) is 0 Å². The minimum atomic E-state index is -0.277. The molecule has 0 unspecified atom stereocenters. The van der Waals surface area contributed by atoms with Gasteiger partial charge in [-0.2, -0.15) is 5.10 Å². The third kappa shape index (κ3) is 4.39. The predicted octanol–water partition coefficient (Wildman–Crippen LogP) is 1.73. The van der Waals surface area contributed by atoms with Crippen LogP contribution in [-0.4, -0.2) is 35.4 Å². The molecule has 23 heavy (non-hydrogen) atoms. The highest BCUT2D eigenvalue weighted by Gasteiger charge is 2.14. The smallest absolute Gasteiger partial charge is 0.274 e. The summed E-state index contributed by atoms with van der Waals surface area (Å²) < 4.78 is 6.67. The van der Waals surface area contributed by atoms with Crippen molar-refractivity contribution in [1.29, 1.82) is 0 Å². The second-order valence-electron chi connectivity index (χ2n) is 5.90. The van der Waals surface area contributed by atoms with Crippen LogP contribution in [0.1, 0.15) is 30.8 Å². The maximum absolute atomic E-state index is 12.3. The van der Waals surface area contributed by atoms with Gasteiger partial charge in [0.15, 0.2) is 5.69 Å². The molecule has 0 saturated heterocycles. The Kier molecular flexibility index (Phi) is 5.87. The molecule has 1 amide bonds. The van der Waals surface area contributed by atoms with E-state index in [1.165, 1.54) is 4.68 Å². The maximum atomic E-state index is 12.3. The zero-order chi connectivity index (χ0) is 16.8. The van der Waals surface area contributed by atoms with E-state index in [2.05, 4.69) is 24.3 Å². The molecule has 0 fully saturated rings. The number of aryl methyl sites for hydroxylation is 1. The normalized spacial score (nSPS) is 11.1. The van der Waals surface area contributed by atoms with Crippen molar-refractivity contribution in [3.63, 3.8) is 0 Å². The number of ether oxygens (including phenoxy) is 1. The number of hydrogen-bond acceptors (Lipinski definition) is 4. The van der Waals surface area contributed by atoms with Crippen LogP contribution in [0.4, 0.5) is 0 Å². The Balaban J connectivity index is 2.02. The second kappa shape index (κ2) is 7.87. The first-order chi connectivity index (χ1) is 11.0. The first-order valence-corrected chi connectivity index (χ1v) is 7.82. The summed E-state index contributed by atoms with van der Waals surface area (Å²) in [4.78, 5) is 24.4. The second-order valence-corrected chi connectivity index (χ2v) is 5.90. The van der Waals surface area contributed by atoms with E-state index in [9.17, 15) is 9.59 Å². The van der Waals surface area contributed by atoms with Crippen LogP contribution < -0.4 is 10.9 Å². The Morgan fingerprint density at radius 3 is 2.70 bits per heavy atom. The Morgan fingerprint density at radius 2 is 2.00 bits per heavy atom. The molecule has 2 aromatic rings. The fraction of sp³-hybridized carbons (Fsp3) is 0.471. The lowest BCUT2D eigenvalue weighted by atomic mass is 10.1. The van der Waals surface area contributed by atoms with Crippen LogP contribution in [-0.2, 0) is 11.8 Å². The number of aromatic nitrogens is 2. The molecule has 2 rings (SSSR count). The van der Waals surface area contributed by atoms with Crippen molar-refractivity contribution >= 4 is 16.7 Å². The predicted molar refractivity (Wildman–Crippen MR) is 89.6 cm³/mol. The van der Waals surface area contributed by atoms with Gasteiger partial charge in [-0.1, -0.05) is 32.0 Å². The average Bonchev–Trinajstić information content (AvgIpc) is 2.53. The topological polar surface area (TPSA) is 73.2 Å². The third-order valence-electron chi connectivity index (χ3n) is 3.37. The lowest BCUT2D eigenvalue weighted by Gasteiger charge is -2.09. The molecule has 1 N–H and O–H groups in total. The summed E-state index contributed by atoms with van der Waals surface area (Å²) in [6, 6.07) is 7.01. The lowest BCUT2D eigenvalue weighted by Crippen LogP contribution is -2.30.